The van der Waals surface area contributed by atoms with Crippen molar-refractivity contribution in [2.24, 2.45) is 0 Å². The first-order chi connectivity index (χ1) is 10.0. The molecule has 0 saturated heterocycles. The molecule has 21 heavy (non-hydrogen) atoms. The topological polar surface area (TPSA) is 21.3 Å². The van der Waals surface area contributed by atoms with Gasteiger partial charge in [0.15, 0.2) is 0 Å². The van der Waals surface area contributed by atoms with Crippen LogP contribution in [0.5, 0.6) is 5.75 Å². The molecule has 2 aromatic carbocycles. The molecule has 0 bridgehead atoms. The van der Waals surface area contributed by atoms with Gasteiger partial charge in [-0.1, -0.05) is 32.0 Å². The molecule has 1 unspecified atom stereocenters. The minimum Gasteiger partial charge on any atom is -0.496 e. The number of halogens is 1. The van der Waals surface area contributed by atoms with Crippen LogP contribution in [0.15, 0.2) is 46.9 Å². The quantitative estimate of drug-likeness (QED) is 0.742. The van der Waals surface area contributed by atoms with Crippen LogP contribution in [0, 0.1) is 0 Å². The van der Waals surface area contributed by atoms with Crippen molar-refractivity contribution in [3.8, 4) is 5.75 Å². The minimum atomic E-state index is 0.231. The summed E-state index contributed by atoms with van der Waals surface area (Å²) in [7, 11) is 1.68. The van der Waals surface area contributed by atoms with Crippen LogP contribution < -0.4 is 10.1 Å². The smallest absolute Gasteiger partial charge is 0.133 e. The summed E-state index contributed by atoms with van der Waals surface area (Å²) < 4.78 is 6.25. The first-order valence-corrected chi connectivity index (χ1v) is 8.00. The fourth-order valence-corrected chi connectivity index (χ4v) is 2.83. The van der Waals surface area contributed by atoms with Crippen molar-refractivity contribution in [3.05, 3.63) is 58.1 Å². The fraction of sp³-hybridized carbons (Fsp3) is 0.333. The summed E-state index contributed by atoms with van der Waals surface area (Å²) in [6, 6.07) is 15.0. The second kappa shape index (κ2) is 6.99. The number of anilines is 1. The van der Waals surface area contributed by atoms with Gasteiger partial charge in [0.2, 0.25) is 0 Å². The highest BCUT2D eigenvalue weighted by molar-refractivity contribution is 9.10. The standard InChI is InChI=1S/C18H22BrNO/c1-12(2)14-6-5-7-16(10-14)20-13(3)15-8-9-18(21-4)17(19)11-15/h5-13,20H,1-4H3. The van der Waals surface area contributed by atoms with E-state index in [2.05, 4.69) is 78.4 Å². The molecule has 0 heterocycles. The number of hydrogen-bond acceptors (Lipinski definition) is 2. The Hall–Kier alpha value is -1.48. The summed E-state index contributed by atoms with van der Waals surface area (Å²) in [5.41, 5.74) is 3.72. The zero-order valence-electron chi connectivity index (χ0n) is 13.0. The second-order valence-corrected chi connectivity index (χ2v) is 6.39. The Morgan fingerprint density at radius 1 is 1.00 bits per heavy atom. The Labute approximate surface area is 135 Å². The first-order valence-electron chi connectivity index (χ1n) is 7.21. The van der Waals surface area contributed by atoms with Gasteiger partial charge >= 0.3 is 0 Å². The SMILES string of the molecule is COc1ccc(C(C)Nc2cccc(C(C)C)c2)cc1Br. The average molecular weight is 348 g/mol. The molecule has 2 aromatic rings. The molecule has 1 atom stereocenters. The van der Waals surface area contributed by atoms with E-state index in [4.69, 9.17) is 4.74 Å². The van der Waals surface area contributed by atoms with Crippen molar-refractivity contribution >= 4 is 21.6 Å². The molecule has 2 rings (SSSR count). The van der Waals surface area contributed by atoms with E-state index in [0.29, 0.717) is 5.92 Å². The van der Waals surface area contributed by atoms with E-state index in [1.54, 1.807) is 7.11 Å². The van der Waals surface area contributed by atoms with Crippen molar-refractivity contribution in [3.63, 3.8) is 0 Å². The van der Waals surface area contributed by atoms with E-state index in [1.807, 2.05) is 6.07 Å². The van der Waals surface area contributed by atoms with Crippen molar-refractivity contribution in [1.29, 1.82) is 0 Å². The Bertz CT molecular complexity index is 610. The molecule has 0 aliphatic rings. The van der Waals surface area contributed by atoms with Crippen LogP contribution >= 0.6 is 15.9 Å². The third kappa shape index (κ3) is 4.01. The van der Waals surface area contributed by atoms with E-state index >= 15 is 0 Å². The van der Waals surface area contributed by atoms with Crippen molar-refractivity contribution in [2.75, 3.05) is 12.4 Å². The maximum absolute atomic E-state index is 5.27. The summed E-state index contributed by atoms with van der Waals surface area (Å²) in [6.07, 6.45) is 0. The third-order valence-electron chi connectivity index (χ3n) is 3.61. The highest BCUT2D eigenvalue weighted by Crippen LogP contribution is 2.29. The van der Waals surface area contributed by atoms with Crippen LogP contribution in [0.2, 0.25) is 0 Å². The molecule has 0 aliphatic carbocycles. The van der Waals surface area contributed by atoms with E-state index in [9.17, 15) is 0 Å². The maximum Gasteiger partial charge on any atom is 0.133 e. The van der Waals surface area contributed by atoms with E-state index < -0.39 is 0 Å². The molecule has 1 N–H and O–H groups in total. The van der Waals surface area contributed by atoms with Crippen molar-refractivity contribution in [2.45, 2.75) is 32.7 Å². The van der Waals surface area contributed by atoms with Gasteiger partial charge in [0.25, 0.3) is 0 Å². The molecular weight excluding hydrogens is 326 g/mol. The van der Waals surface area contributed by atoms with Gasteiger partial charge in [0, 0.05) is 11.7 Å². The van der Waals surface area contributed by atoms with Crippen LogP contribution in [0.25, 0.3) is 0 Å². The molecule has 0 aliphatic heterocycles. The van der Waals surface area contributed by atoms with Gasteiger partial charge in [-0.3, -0.25) is 0 Å². The molecule has 2 nitrogen and oxygen atoms in total. The van der Waals surface area contributed by atoms with Gasteiger partial charge in [-0.2, -0.15) is 0 Å². The van der Waals surface area contributed by atoms with Gasteiger partial charge in [-0.25, -0.2) is 0 Å². The van der Waals surface area contributed by atoms with Gasteiger partial charge in [-0.05, 0) is 64.2 Å². The second-order valence-electron chi connectivity index (χ2n) is 5.54. The van der Waals surface area contributed by atoms with Gasteiger partial charge in [0.05, 0.1) is 11.6 Å². The van der Waals surface area contributed by atoms with E-state index in [1.165, 1.54) is 11.1 Å². The molecule has 0 fully saturated rings. The molecule has 112 valence electrons. The lowest BCUT2D eigenvalue weighted by molar-refractivity contribution is 0.412. The van der Waals surface area contributed by atoms with Gasteiger partial charge in [0.1, 0.15) is 5.75 Å². The maximum atomic E-state index is 5.27. The van der Waals surface area contributed by atoms with Crippen LogP contribution in [0.4, 0.5) is 5.69 Å². The predicted molar refractivity (Wildman–Crippen MR) is 93.3 cm³/mol. The fourth-order valence-electron chi connectivity index (χ4n) is 2.27. The molecule has 3 heteroatoms. The number of benzene rings is 2. The number of methoxy groups -OCH3 is 1. The Kier molecular flexibility index (Phi) is 5.29. The highest BCUT2D eigenvalue weighted by atomic mass is 79.9. The molecule has 0 radical (unpaired) electrons. The van der Waals surface area contributed by atoms with Crippen LogP contribution in [0.3, 0.4) is 0 Å². The highest BCUT2D eigenvalue weighted by Gasteiger charge is 2.09. The molecule has 0 aromatic heterocycles. The summed E-state index contributed by atoms with van der Waals surface area (Å²) in [4.78, 5) is 0. The Morgan fingerprint density at radius 3 is 2.38 bits per heavy atom. The lowest BCUT2D eigenvalue weighted by Crippen LogP contribution is -2.07. The summed E-state index contributed by atoms with van der Waals surface area (Å²) in [6.45, 7) is 6.59. The normalized spacial score (nSPS) is 12.3. The monoisotopic (exact) mass is 347 g/mol. The Balaban J connectivity index is 2.16. The number of ether oxygens (including phenoxy) is 1. The summed E-state index contributed by atoms with van der Waals surface area (Å²) in [5, 5.41) is 3.56. The number of nitrogens with one attached hydrogen (secondary N) is 1. The van der Waals surface area contributed by atoms with Gasteiger partial charge in [-0.15, -0.1) is 0 Å². The average Bonchev–Trinajstić information content (AvgIpc) is 2.47. The predicted octanol–water partition coefficient (Wildman–Crippen LogP) is 5.75. The minimum absolute atomic E-state index is 0.231. The lowest BCUT2D eigenvalue weighted by Gasteiger charge is -2.18. The summed E-state index contributed by atoms with van der Waals surface area (Å²) in [5.74, 6) is 1.39. The first kappa shape index (κ1) is 15.9. The van der Waals surface area contributed by atoms with Crippen LogP contribution in [-0.4, -0.2) is 7.11 Å². The lowest BCUT2D eigenvalue weighted by atomic mass is 10.0. The molecule has 0 saturated carbocycles. The largest absolute Gasteiger partial charge is 0.496 e. The van der Waals surface area contributed by atoms with E-state index in [0.717, 1.165) is 15.9 Å². The zero-order chi connectivity index (χ0) is 15.4. The number of hydrogen-bond donors (Lipinski definition) is 1. The van der Waals surface area contributed by atoms with Crippen LogP contribution in [-0.2, 0) is 0 Å². The molecule has 0 amide bonds. The van der Waals surface area contributed by atoms with Crippen molar-refractivity contribution in [1.82, 2.24) is 0 Å². The van der Waals surface area contributed by atoms with E-state index in [-0.39, 0.29) is 6.04 Å². The summed E-state index contributed by atoms with van der Waals surface area (Å²) >= 11 is 3.54. The Morgan fingerprint density at radius 2 is 1.76 bits per heavy atom. The van der Waals surface area contributed by atoms with Crippen LogP contribution in [0.1, 0.15) is 43.9 Å². The van der Waals surface area contributed by atoms with Gasteiger partial charge < -0.3 is 10.1 Å². The number of rotatable bonds is 5. The third-order valence-corrected chi connectivity index (χ3v) is 4.23. The molecule has 0 spiro atoms. The van der Waals surface area contributed by atoms with Crippen molar-refractivity contribution < 1.29 is 4.74 Å². The molecular formula is C18H22BrNO. The zero-order valence-corrected chi connectivity index (χ0v) is 14.6.